The van der Waals surface area contributed by atoms with Gasteiger partial charge in [0.15, 0.2) is 5.65 Å². The molecule has 4 nitrogen and oxygen atoms in total. The van der Waals surface area contributed by atoms with Crippen molar-refractivity contribution in [2.45, 2.75) is 6.92 Å². The van der Waals surface area contributed by atoms with Gasteiger partial charge in [-0.15, -0.1) is 0 Å². The lowest BCUT2D eigenvalue weighted by atomic mass is 10.1. The Morgan fingerprint density at radius 1 is 0.759 bits per heavy atom. The second-order valence-electron chi connectivity index (χ2n) is 6.98. The van der Waals surface area contributed by atoms with Gasteiger partial charge in [-0.25, -0.2) is 9.97 Å². The van der Waals surface area contributed by atoms with E-state index in [1.54, 1.807) is 6.33 Å². The van der Waals surface area contributed by atoms with Crippen LogP contribution in [0.1, 0.15) is 5.56 Å². The lowest BCUT2D eigenvalue weighted by Gasteiger charge is -2.11. The number of nitrogens with zero attached hydrogens (tertiary/aromatic N) is 3. The molecule has 5 rings (SSSR count). The van der Waals surface area contributed by atoms with E-state index in [9.17, 15) is 0 Å². The molecule has 0 saturated carbocycles. The molecule has 3 aromatic carbocycles. The number of para-hydroxylation sites is 2. The molecule has 0 aliphatic heterocycles. The van der Waals surface area contributed by atoms with E-state index in [4.69, 9.17) is 0 Å². The molecule has 0 bridgehead atoms. The van der Waals surface area contributed by atoms with Crippen molar-refractivity contribution < 1.29 is 0 Å². The number of fused-ring (bicyclic) bond motifs is 1. The molecule has 2 aromatic heterocycles. The van der Waals surface area contributed by atoms with Gasteiger partial charge in [-0.3, -0.25) is 0 Å². The first-order valence-corrected chi connectivity index (χ1v) is 9.61. The molecular weight excluding hydrogens is 356 g/mol. The van der Waals surface area contributed by atoms with Crippen LogP contribution in [0.5, 0.6) is 0 Å². The number of hydrogen-bond acceptors (Lipinski definition) is 3. The SMILES string of the molecule is Cc1ccccc1Nc1ncnc2c1c(-c1ccccc1)cn2-c1ccccc1. The predicted molar refractivity (Wildman–Crippen MR) is 119 cm³/mol. The van der Waals surface area contributed by atoms with Crippen LogP contribution in [0.15, 0.2) is 97.5 Å². The number of rotatable bonds is 4. The highest BCUT2D eigenvalue weighted by molar-refractivity contribution is 6.03. The summed E-state index contributed by atoms with van der Waals surface area (Å²) in [4.78, 5) is 9.24. The number of aryl methyl sites for hydroxylation is 1. The van der Waals surface area contributed by atoms with Gasteiger partial charge in [-0.05, 0) is 36.2 Å². The van der Waals surface area contributed by atoms with Gasteiger partial charge in [0.1, 0.15) is 12.1 Å². The van der Waals surface area contributed by atoms with Crippen LogP contribution in [0.4, 0.5) is 11.5 Å². The van der Waals surface area contributed by atoms with Crippen molar-refractivity contribution in [2.75, 3.05) is 5.32 Å². The summed E-state index contributed by atoms with van der Waals surface area (Å²) in [7, 11) is 0. The fraction of sp³-hybridized carbons (Fsp3) is 0.0400. The molecule has 0 saturated heterocycles. The zero-order valence-electron chi connectivity index (χ0n) is 16.1. The minimum atomic E-state index is 0.804. The maximum absolute atomic E-state index is 4.64. The highest BCUT2D eigenvalue weighted by Gasteiger charge is 2.17. The van der Waals surface area contributed by atoms with E-state index < -0.39 is 0 Å². The van der Waals surface area contributed by atoms with Gasteiger partial charge in [-0.1, -0.05) is 66.7 Å². The predicted octanol–water partition coefficient (Wildman–Crippen LogP) is 6.14. The second kappa shape index (κ2) is 7.24. The minimum absolute atomic E-state index is 0.804. The third-order valence-electron chi connectivity index (χ3n) is 5.10. The zero-order chi connectivity index (χ0) is 19.6. The van der Waals surface area contributed by atoms with Crippen molar-refractivity contribution in [3.8, 4) is 16.8 Å². The van der Waals surface area contributed by atoms with Gasteiger partial charge in [0.2, 0.25) is 0 Å². The van der Waals surface area contributed by atoms with Crippen molar-refractivity contribution >= 4 is 22.5 Å². The van der Waals surface area contributed by atoms with Crippen LogP contribution in [0.25, 0.3) is 27.8 Å². The summed E-state index contributed by atoms with van der Waals surface area (Å²) in [6, 6.07) is 28.9. The topological polar surface area (TPSA) is 42.7 Å². The molecule has 2 heterocycles. The van der Waals surface area contributed by atoms with E-state index in [0.29, 0.717) is 0 Å². The Morgan fingerprint density at radius 3 is 2.21 bits per heavy atom. The smallest absolute Gasteiger partial charge is 0.150 e. The molecule has 0 aliphatic rings. The van der Waals surface area contributed by atoms with Gasteiger partial charge >= 0.3 is 0 Å². The van der Waals surface area contributed by atoms with Crippen molar-refractivity contribution in [1.29, 1.82) is 0 Å². The van der Waals surface area contributed by atoms with Gasteiger partial charge in [0, 0.05) is 23.1 Å². The number of anilines is 2. The van der Waals surface area contributed by atoms with Crippen LogP contribution >= 0.6 is 0 Å². The Morgan fingerprint density at radius 2 is 1.45 bits per heavy atom. The molecule has 0 aliphatic carbocycles. The van der Waals surface area contributed by atoms with Gasteiger partial charge in [0.05, 0.1) is 5.39 Å². The van der Waals surface area contributed by atoms with Crippen molar-refractivity contribution in [3.05, 3.63) is 103 Å². The summed E-state index contributed by atoms with van der Waals surface area (Å²) in [6.07, 6.45) is 3.77. The third-order valence-corrected chi connectivity index (χ3v) is 5.10. The minimum Gasteiger partial charge on any atom is -0.339 e. The fourth-order valence-electron chi connectivity index (χ4n) is 3.62. The summed E-state index contributed by atoms with van der Waals surface area (Å²) in [6.45, 7) is 2.09. The highest BCUT2D eigenvalue weighted by atomic mass is 15.1. The van der Waals surface area contributed by atoms with Crippen LogP contribution < -0.4 is 5.32 Å². The first kappa shape index (κ1) is 17.2. The monoisotopic (exact) mass is 376 g/mol. The molecule has 0 unspecified atom stereocenters. The van der Waals surface area contributed by atoms with Crippen molar-refractivity contribution in [1.82, 2.24) is 14.5 Å². The molecule has 1 N–H and O–H groups in total. The summed E-state index contributed by atoms with van der Waals surface area (Å²) >= 11 is 0. The van der Waals surface area contributed by atoms with Gasteiger partial charge in [0.25, 0.3) is 0 Å². The lowest BCUT2D eigenvalue weighted by molar-refractivity contribution is 1.08. The Balaban J connectivity index is 1.77. The van der Waals surface area contributed by atoms with Crippen LogP contribution in [-0.4, -0.2) is 14.5 Å². The first-order chi connectivity index (χ1) is 14.3. The number of hydrogen-bond donors (Lipinski definition) is 1. The normalized spacial score (nSPS) is 10.9. The van der Waals surface area contributed by atoms with E-state index in [1.807, 2.05) is 36.4 Å². The van der Waals surface area contributed by atoms with Crippen LogP contribution in [-0.2, 0) is 0 Å². The molecule has 0 atom stereocenters. The first-order valence-electron chi connectivity index (χ1n) is 9.61. The van der Waals surface area contributed by atoms with E-state index in [1.165, 1.54) is 5.56 Å². The average Bonchev–Trinajstić information content (AvgIpc) is 3.17. The Hall–Kier alpha value is -3.92. The van der Waals surface area contributed by atoms with E-state index in [0.717, 1.165) is 39.4 Å². The Labute approximate surface area is 169 Å². The maximum Gasteiger partial charge on any atom is 0.150 e. The molecule has 4 heteroatoms. The average molecular weight is 376 g/mol. The standard InChI is InChI=1S/C25H20N4/c1-18-10-8-9-15-22(18)28-24-23-21(19-11-4-2-5-12-19)16-29(25(23)27-17-26-24)20-13-6-3-7-14-20/h2-17H,1H3,(H,26,27,28). The fourth-order valence-corrected chi connectivity index (χ4v) is 3.62. The van der Waals surface area contributed by atoms with Crippen LogP contribution in [0.2, 0.25) is 0 Å². The van der Waals surface area contributed by atoms with Crippen LogP contribution in [0.3, 0.4) is 0 Å². The summed E-state index contributed by atoms with van der Waals surface area (Å²) in [5, 5.41) is 4.53. The van der Waals surface area contributed by atoms with Gasteiger partial charge < -0.3 is 9.88 Å². The molecule has 29 heavy (non-hydrogen) atoms. The lowest BCUT2D eigenvalue weighted by Crippen LogP contribution is -1.99. The van der Waals surface area contributed by atoms with Gasteiger partial charge in [-0.2, -0.15) is 0 Å². The molecule has 0 radical (unpaired) electrons. The molecule has 0 amide bonds. The third kappa shape index (κ3) is 3.15. The van der Waals surface area contributed by atoms with Crippen molar-refractivity contribution in [3.63, 3.8) is 0 Å². The summed E-state index contributed by atoms with van der Waals surface area (Å²) in [5.41, 5.74) is 6.39. The largest absolute Gasteiger partial charge is 0.339 e. The Bertz CT molecular complexity index is 1270. The number of benzene rings is 3. The van der Waals surface area contributed by atoms with Crippen molar-refractivity contribution in [2.24, 2.45) is 0 Å². The molecule has 0 spiro atoms. The van der Waals surface area contributed by atoms with E-state index in [2.05, 4.69) is 81.5 Å². The maximum atomic E-state index is 4.64. The second-order valence-corrected chi connectivity index (χ2v) is 6.98. The Kier molecular flexibility index (Phi) is 4.30. The molecule has 140 valence electrons. The number of nitrogens with one attached hydrogen (secondary N) is 1. The number of aromatic nitrogens is 3. The zero-order valence-corrected chi connectivity index (χ0v) is 16.1. The summed E-state index contributed by atoms with van der Waals surface area (Å²) in [5.74, 6) is 0.804. The summed E-state index contributed by atoms with van der Waals surface area (Å²) < 4.78 is 2.13. The molecule has 0 fully saturated rings. The van der Waals surface area contributed by atoms with E-state index >= 15 is 0 Å². The molecule has 5 aromatic rings. The van der Waals surface area contributed by atoms with E-state index in [-0.39, 0.29) is 0 Å². The molecular formula is C25H20N4. The quantitative estimate of drug-likeness (QED) is 0.410. The highest BCUT2D eigenvalue weighted by Crippen LogP contribution is 2.36. The van der Waals surface area contributed by atoms with Crippen LogP contribution in [0, 0.1) is 6.92 Å².